The molecular weight excluding hydrogens is 535 g/mol. The van der Waals surface area contributed by atoms with Gasteiger partial charge in [0.25, 0.3) is 5.91 Å². The van der Waals surface area contributed by atoms with Gasteiger partial charge >= 0.3 is 12.8 Å². The maximum Gasteiger partial charge on any atom is 0.390 e. The van der Waals surface area contributed by atoms with Crippen molar-refractivity contribution in [2.45, 2.75) is 45.0 Å². The van der Waals surface area contributed by atoms with Gasteiger partial charge in [-0.3, -0.25) is 9.36 Å². The summed E-state index contributed by atoms with van der Waals surface area (Å²) in [5.41, 5.74) is 3.28. The number of nitrogens with one attached hydrogen (secondary N) is 2. The zero-order valence-corrected chi connectivity index (χ0v) is 21.3. The fraction of sp³-hybridized carbons (Fsp3) is 0.286. The second-order valence-corrected chi connectivity index (χ2v) is 9.44. The number of rotatable bonds is 10. The van der Waals surface area contributed by atoms with Crippen molar-refractivity contribution < 1.29 is 36.2 Å². The van der Waals surface area contributed by atoms with Crippen LogP contribution in [0.25, 0.3) is 16.7 Å². The van der Waals surface area contributed by atoms with Gasteiger partial charge in [-0.05, 0) is 67.8 Å². The van der Waals surface area contributed by atoms with Crippen LogP contribution in [0.3, 0.4) is 0 Å². The Bertz CT molecular complexity index is 1520. The van der Waals surface area contributed by atoms with Gasteiger partial charge in [0.05, 0.1) is 17.6 Å². The number of hydrogen-bond acceptors (Lipinski definition) is 5. The number of hydrogen-bond donors (Lipinski definition) is 2. The van der Waals surface area contributed by atoms with E-state index in [1.807, 2.05) is 13.0 Å². The minimum Gasteiger partial charge on any atom is -0.457 e. The van der Waals surface area contributed by atoms with Crippen LogP contribution in [0, 0.1) is 6.92 Å². The molecule has 210 valence electrons. The van der Waals surface area contributed by atoms with Gasteiger partial charge < -0.3 is 20.1 Å². The second kappa shape index (κ2) is 11.0. The Balaban J connectivity index is 1.47. The second-order valence-electron chi connectivity index (χ2n) is 9.44. The summed E-state index contributed by atoms with van der Waals surface area (Å²) in [5.74, 6) is 0.396. The molecule has 12 heteroatoms. The van der Waals surface area contributed by atoms with Crippen LogP contribution in [0.2, 0.25) is 0 Å². The van der Waals surface area contributed by atoms with Crippen LogP contribution >= 0.6 is 0 Å². The fourth-order valence-electron chi connectivity index (χ4n) is 4.20. The number of anilines is 1. The molecule has 1 aromatic heterocycles. The van der Waals surface area contributed by atoms with Crippen molar-refractivity contribution in [1.82, 2.24) is 14.9 Å². The first-order chi connectivity index (χ1) is 19.1. The normalized spacial score (nSPS) is 13.5. The van der Waals surface area contributed by atoms with E-state index in [9.17, 15) is 26.7 Å². The highest BCUT2D eigenvalue weighted by atomic mass is 19.4. The van der Waals surface area contributed by atoms with Crippen molar-refractivity contribution in [2.24, 2.45) is 0 Å². The summed E-state index contributed by atoms with van der Waals surface area (Å²) < 4.78 is 75.4. The Kier molecular flexibility index (Phi) is 7.51. The number of benzene rings is 3. The first kappa shape index (κ1) is 27.2. The number of nitrogens with zero attached hydrogens (tertiary/aromatic N) is 2. The van der Waals surface area contributed by atoms with Gasteiger partial charge in [-0.1, -0.05) is 0 Å². The third-order valence-electron chi connectivity index (χ3n) is 6.28. The van der Waals surface area contributed by atoms with Gasteiger partial charge in [-0.15, -0.1) is 0 Å². The van der Waals surface area contributed by atoms with E-state index in [1.54, 1.807) is 29.1 Å². The van der Waals surface area contributed by atoms with Crippen LogP contribution in [0.15, 0.2) is 60.9 Å². The number of amides is 1. The predicted molar refractivity (Wildman–Crippen MR) is 139 cm³/mol. The molecule has 1 fully saturated rings. The van der Waals surface area contributed by atoms with Gasteiger partial charge in [0, 0.05) is 36.0 Å². The van der Waals surface area contributed by atoms with Crippen LogP contribution in [0.4, 0.5) is 27.6 Å². The maximum atomic E-state index is 12.8. The number of carbonyl (C=O) groups excluding carboxylic acids is 1. The standard InChI is InChI=1S/C28H25F5N4O3/c1-16-12-18(4-9-22(16)26(38)36-17-2-3-17)37-15-35-25-23(34-11-10-28(31,32)33)13-21(14-24(25)37)39-19-5-7-20(8-6-19)40-27(29)30/h4-9,12-15,17,27,34H,2-3,10-11H2,1H3,(H,36,38). The number of carbonyl (C=O) groups is 1. The lowest BCUT2D eigenvalue weighted by molar-refractivity contribution is -0.131. The molecule has 7 nitrogen and oxygen atoms in total. The molecule has 0 saturated heterocycles. The summed E-state index contributed by atoms with van der Waals surface area (Å²) in [6.45, 7) is -1.52. The molecule has 1 aliphatic rings. The van der Waals surface area contributed by atoms with E-state index in [0.29, 0.717) is 33.7 Å². The van der Waals surface area contributed by atoms with Gasteiger partial charge in [-0.25, -0.2) is 4.98 Å². The molecule has 5 rings (SSSR count). The molecule has 3 aromatic carbocycles. The zero-order chi connectivity index (χ0) is 28.4. The largest absolute Gasteiger partial charge is 0.457 e. The molecule has 0 aliphatic heterocycles. The fourth-order valence-corrected chi connectivity index (χ4v) is 4.20. The van der Waals surface area contributed by atoms with Gasteiger partial charge in [0.15, 0.2) is 0 Å². The number of aromatic nitrogens is 2. The van der Waals surface area contributed by atoms with Gasteiger partial charge in [0.1, 0.15) is 29.1 Å². The molecule has 0 spiro atoms. The van der Waals surface area contributed by atoms with Crippen LogP contribution in [-0.2, 0) is 0 Å². The molecule has 0 unspecified atom stereocenters. The van der Waals surface area contributed by atoms with Crippen molar-refractivity contribution in [1.29, 1.82) is 0 Å². The first-order valence-electron chi connectivity index (χ1n) is 12.5. The van der Waals surface area contributed by atoms with E-state index in [4.69, 9.17) is 4.74 Å². The summed E-state index contributed by atoms with van der Waals surface area (Å²) in [5, 5.41) is 5.76. The van der Waals surface area contributed by atoms with Crippen LogP contribution in [0.1, 0.15) is 35.2 Å². The molecule has 0 radical (unpaired) electrons. The number of alkyl halides is 5. The summed E-state index contributed by atoms with van der Waals surface area (Å²) in [7, 11) is 0. The van der Waals surface area contributed by atoms with E-state index < -0.39 is 19.2 Å². The summed E-state index contributed by atoms with van der Waals surface area (Å²) in [6.07, 6.45) is -1.90. The number of imidazole rings is 1. The smallest absolute Gasteiger partial charge is 0.390 e. The minimum atomic E-state index is -4.34. The topological polar surface area (TPSA) is 77.4 Å². The average Bonchev–Trinajstić information content (AvgIpc) is 3.59. The van der Waals surface area contributed by atoms with Crippen molar-refractivity contribution in [2.75, 3.05) is 11.9 Å². The highest BCUT2D eigenvalue weighted by molar-refractivity contribution is 5.96. The highest BCUT2D eigenvalue weighted by Gasteiger charge is 2.27. The number of halogens is 5. The molecule has 2 N–H and O–H groups in total. The third kappa shape index (κ3) is 6.61. The SMILES string of the molecule is Cc1cc(-n2cnc3c(NCCC(F)(F)F)cc(Oc4ccc(OC(F)F)cc4)cc32)ccc1C(=O)NC1CC1. The van der Waals surface area contributed by atoms with E-state index >= 15 is 0 Å². The molecule has 4 aromatic rings. The van der Waals surface area contributed by atoms with Crippen LogP contribution < -0.4 is 20.1 Å². The molecule has 1 aliphatic carbocycles. The molecule has 1 amide bonds. The molecule has 1 saturated carbocycles. The molecule has 40 heavy (non-hydrogen) atoms. The maximum absolute atomic E-state index is 12.8. The Labute approximate surface area is 225 Å². The Morgan fingerprint density at radius 3 is 2.42 bits per heavy atom. The van der Waals surface area contributed by atoms with E-state index in [0.717, 1.165) is 18.4 Å². The Morgan fingerprint density at radius 2 is 1.77 bits per heavy atom. The minimum absolute atomic E-state index is 0.0463. The lowest BCUT2D eigenvalue weighted by Gasteiger charge is -2.14. The lowest BCUT2D eigenvalue weighted by atomic mass is 10.1. The molecule has 0 atom stereocenters. The average molecular weight is 561 g/mol. The predicted octanol–water partition coefficient (Wildman–Crippen LogP) is 6.98. The van der Waals surface area contributed by atoms with Gasteiger partial charge in [0.2, 0.25) is 0 Å². The zero-order valence-electron chi connectivity index (χ0n) is 21.3. The highest BCUT2D eigenvalue weighted by Crippen LogP contribution is 2.34. The summed E-state index contributed by atoms with van der Waals surface area (Å²) in [6, 6.07) is 14.2. The van der Waals surface area contributed by atoms with E-state index in [1.165, 1.54) is 30.3 Å². The Morgan fingerprint density at radius 1 is 1.05 bits per heavy atom. The van der Waals surface area contributed by atoms with Crippen molar-refractivity contribution >= 4 is 22.6 Å². The van der Waals surface area contributed by atoms with E-state index in [-0.39, 0.29) is 30.0 Å². The molecular formula is C28H25F5N4O3. The van der Waals surface area contributed by atoms with Gasteiger partial charge in [-0.2, -0.15) is 22.0 Å². The molecule has 0 bridgehead atoms. The van der Waals surface area contributed by atoms with E-state index in [2.05, 4.69) is 20.4 Å². The van der Waals surface area contributed by atoms with Crippen LogP contribution in [-0.4, -0.2) is 40.8 Å². The first-order valence-corrected chi connectivity index (χ1v) is 12.5. The quantitative estimate of drug-likeness (QED) is 0.205. The third-order valence-corrected chi connectivity index (χ3v) is 6.28. The van der Waals surface area contributed by atoms with Crippen molar-refractivity contribution in [3.8, 4) is 22.9 Å². The Hall–Kier alpha value is -4.35. The van der Waals surface area contributed by atoms with Crippen LogP contribution in [0.5, 0.6) is 17.2 Å². The number of fused-ring (bicyclic) bond motifs is 1. The summed E-state index contributed by atoms with van der Waals surface area (Å²) in [4.78, 5) is 17.0. The monoisotopic (exact) mass is 560 g/mol. The number of ether oxygens (including phenoxy) is 2. The lowest BCUT2D eigenvalue weighted by Crippen LogP contribution is -2.26. The van der Waals surface area contributed by atoms with Crippen molar-refractivity contribution in [3.05, 3.63) is 72.1 Å². The number of aryl methyl sites for hydroxylation is 1. The molecule has 1 heterocycles. The summed E-state index contributed by atoms with van der Waals surface area (Å²) >= 11 is 0. The van der Waals surface area contributed by atoms with Crippen molar-refractivity contribution in [3.63, 3.8) is 0 Å².